The lowest BCUT2D eigenvalue weighted by Gasteiger charge is -2.34. The maximum Gasteiger partial charge on any atom is 0.267 e. The van der Waals surface area contributed by atoms with Crippen molar-refractivity contribution in [2.45, 2.75) is 18.2 Å². The van der Waals surface area contributed by atoms with Crippen molar-refractivity contribution < 1.29 is 13.2 Å². The number of ether oxygens (including phenoxy) is 1. The number of aryl methyl sites for hydroxylation is 1. The van der Waals surface area contributed by atoms with Gasteiger partial charge in [-0.05, 0) is 37.7 Å². The number of aromatic nitrogens is 5. The molecule has 0 amide bonds. The van der Waals surface area contributed by atoms with Gasteiger partial charge in [0, 0.05) is 62.9 Å². The predicted molar refractivity (Wildman–Crippen MR) is 150 cm³/mol. The number of anilines is 2. The first kappa shape index (κ1) is 26.9. The molecule has 204 valence electrons. The summed E-state index contributed by atoms with van der Waals surface area (Å²) in [5, 5.41) is 4.41. The van der Waals surface area contributed by atoms with E-state index >= 15 is 0 Å². The maximum atomic E-state index is 13.1. The standard InChI is InChI=1S/C26H29ClN8O3S/c1-4-20-24(18-7-6-10-28-15-18)30-26(32-39(36,37)19-16-29-34(3)17-19)31-25(20)38-22-9-5-8-21(23(22)27)35-13-11-33(2)12-14-35/h5-10,15-17H,4,11-14H2,1-3H3,(H,30,31,32). The minimum Gasteiger partial charge on any atom is -0.437 e. The molecule has 39 heavy (non-hydrogen) atoms. The Labute approximate surface area is 232 Å². The van der Waals surface area contributed by atoms with E-state index in [9.17, 15) is 8.42 Å². The second-order valence-electron chi connectivity index (χ2n) is 9.21. The van der Waals surface area contributed by atoms with Crippen molar-refractivity contribution in [2.24, 2.45) is 7.05 Å². The van der Waals surface area contributed by atoms with Crippen LogP contribution in [0.3, 0.4) is 0 Å². The van der Waals surface area contributed by atoms with Crippen molar-refractivity contribution in [1.82, 2.24) is 29.6 Å². The Balaban J connectivity index is 1.56. The zero-order valence-electron chi connectivity index (χ0n) is 21.9. The summed E-state index contributed by atoms with van der Waals surface area (Å²) in [6.07, 6.45) is 6.48. The van der Waals surface area contributed by atoms with Crippen LogP contribution in [0.1, 0.15) is 12.5 Å². The number of likely N-dealkylation sites (N-methyl/N-ethyl adjacent to an activating group) is 1. The van der Waals surface area contributed by atoms with E-state index in [2.05, 4.69) is 41.6 Å². The summed E-state index contributed by atoms with van der Waals surface area (Å²) in [6.45, 7) is 5.51. The second-order valence-corrected chi connectivity index (χ2v) is 11.3. The van der Waals surface area contributed by atoms with E-state index in [4.69, 9.17) is 16.3 Å². The van der Waals surface area contributed by atoms with Crippen LogP contribution < -0.4 is 14.4 Å². The van der Waals surface area contributed by atoms with Gasteiger partial charge in [0.2, 0.25) is 11.8 Å². The molecular formula is C26H29ClN8O3S. The van der Waals surface area contributed by atoms with Crippen molar-refractivity contribution in [3.63, 3.8) is 0 Å². The van der Waals surface area contributed by atoms with Crippen LogP contribution in [0.2, 0.25) is 5.02 Å². The van der Waals surface area contributed by atoms with Gasteiger partial charge in [0.05, 0.1) is 17.6 Å². The molecule has 3 aromatic heterocycles. The summed E-state index contributed by atoms with van der Waals surface area (Å²) < 4.78 is 36.3. The lowest BCUT2D eigenvalue weighted by Crippen LogP contribution is -2.44. The zero-order valence-corrected chi connectivity index (χ0v) is 23.4. The monoisotopic (exact) mass is 568 g/mol. The van der Waals surface area contributed by atoms with Gasteiger partial charge in [-0.1, -0.05) is 24.6 Å². The van der Waals surface area contributed by atoms with Crippen LogP contribution >= 0.6 is 11.6 Å². The molecule has 1 N–H and O–H groups in total. The number of pyridine rings is 1. The summed E-state index contributed by atoms with van der Waals surface area (Å²) in [4.78, 5) is 17.7. The number of hydrogen-bond donors (Lipinski definition) is 1. The summed E-state index contributed by atoms with van der Waals surface area (Å²) in [7, 11) is -0.267. The van der Waals surface area contributed by atoms with Crippen LogP contribution in [0, 0.1) is 0 Å². The second kappa shape index (κ2) is 11.2. The third kappa shape index (κ3) is 5.82. The van der Waals surface area contributed by atoms with Crippen LogP contribution in [0.4, 0.5) is 11.6 Å². The Morgan fingerprint density at radius 1 is 1.05 bits per heavy atom. The van der Waals surface area contributed by atoms with Gasteiger partial charge < -0.3 is 14.5 Å². The Bertz CT molecular complexity index is 1570. The van der Waals surface area contributed by atoms with E-state index in [1.165, 1.54) is 17.1 Å². The molecule has 1 aliphatic heterocycles. The molecule has 1 fully saturated rings. The molecule has 11 nitrogen and oxygen atoms in total. The third-order valence-electron chi connectivity index (χ3n) is 6.47. The molecular weight excluding hydrogens is 540 g/mol. The van der Waals surface area contributed by atoms with Gasteiger partial charge in [-0.25, -0.2) is 18.1 Å². The number of nitrogens with zero attached hydrogens (tertiary/aromatic N) is 7. The van der Waals surface area contributed by atoms with Crippen molar-refractivity contribution in [3.8, 4) is 22.9 Å². The number of benzene rings is 1. The Morgan fingerprint density at radius 3 is 2.51 bits per heavy atom. The summed E-state index contributed by atoms with van der Waals surface area (Å²) in [5.41, 5.74) is 2.76. The van der Waals surface area contributed by atoms with Crippen LogP contribution in [-0.4, -0.2) is 71.3 Å². The molecule has 0 atom stereocenters. The van der Waals surface area contributed by atoms with Crippen LogP contribution in [0.25, 0.3) is 11.3 Å². The van der Waals surface area contributed by atoms with Crippen LogP contribution in [0.15, 0.2) is 60.0 Å². The first-order chi connectivity index (χ1) is 18.7. The van der Waals surface area contributed by atoms with E-state index in [1.807, 2.05) is 25.1 Å². The molecule has 13 heteroatoms. The molecule has 5 rings (SSSR count). The minimum absolute atomic E-state index is 0.0125. The fraction of sp³-hybridized carbons (Fsp3) is 0.308. The molecule has 0 bridgehead atoms. The molecule has 0 radical (unpaired) electrons. The van der Waals surface area contributed by atoms with E-state index in [1.54, 1.807) is 31.6 Å². The highest BCUT2D eigenvalue weighted by Crippen LogP contribution is 2.39. The molecule has 1 aliphatic rings. The van der Waals surface area contributed by atoms with Gasteiger partial charge in [0.25, 0.3) is 10.0 Å². The summed E-state index contributed by atoms with van der Waals surface area (Å²) in [5.74, 6) is 0.476. The van der Waals surface area contributed by atoms with Gasteiger partial charge in [0.15, 0.2) is 0 Å². The lowest BCUT2D eigenvalue weighted by atomic mass is 10.1. The number of hydrogen-bond acceptors (Lipinski definition) is 9. The normalized spacial score (nSPS) is 14.4. The highest BCUT2D eigenvalue weighted by Gasteiger charge is 2.24. The number of rotatable bonds is 8. The summed E-state index contributed by atoms with van der Waals surface area (Å²) >= 11 is 6.85. The fourth-order valence-corrected chi connectivity index (χ4v) is 5.55. The predicted octanol–water partition coefficient (Wildman–Crippen LogP) is 3.83. The molecule has 1 aromatic carbocycles. The number of piperazine rings is 1. The Kier molecular flexibility index (Phi) is 7.69. The molecule has 0 unspecified atom stereocenters. The van der Waals surface area contributed by atoms with Crippen molar-refractivity contribution in [1.29, 1.82) is 0 Å². The zero-order chi connectivity index (χ0) is 27.6. The highest BCUT2D eigenvalue weighted by atomic mass is 35.5. The van der Waals surface area contributed by atoms with E-state index < -0.39 is 10.0 Å². The first-order valence-corrected chi connectivity index (χ1v) is 14.3. The van der Waals surface area contributed by atoms with E-state index in [0.717, 1.165) is 31.9 Å². The summed E-state index contributed by atoms with van der Waals surface area (Å²) in [6, 6.07) is 9.25. The largest absolute Gasteiger partial charge is 0.437 e. The number of sulfonamides is 1. The van der Waals surface area contributed by atoms with Gasteiger partial charge in [-0.2, -0.15) is 10.1 Å². The van der Waals surface area contributed by atoms with E-state index in [0.29, 0.717) is 34.0 Å². The topological polar surface area (TPSA) is 118 Å². The maximum absolute atomic E-state index is 13.1. The van der Waals surface area contributed by atoms with Crippen molar-refractivity contribution in [2.75, 3.05) is 42.8 Å². The molecule has 0 saturated carbocycles. The van der Waals surface area contributed by atoms with Crippen LogP contribution in [-0.2, 0) is 23.5 Å². The average molecular weight is 569 g/mol. The fourth-order valence-electron chi connectivity index (χ4n) is 4.34. The number of nitrogens with one attached hydrogen (secondary N) is 1. The molecule has 0 spiro atoms. The van der Waals surface area contributed by atoms with Crippen LogP contribution in [0.5, 0.6) is 11.6 Å². The molecule has 1 saturated heterocycles. The van der Waals surface area contributed by atoms with Gasteiger partial charge in [-0.3, -0.25) is 9.67 Å². The average Bonchev–Trinajstić information content (AvgIpc) is 3.38. The molecule has 0 aliphatic carbocycles. The first-order valence-electron chi connectivity index (χ1n) is 12.5. The van der Waals surface area contributed by atoms with Crippen molar-refractivity contribution >= 4 is 33.3 Å². The quantitative estimate of drug-likeness (QED) is 0.338. The molecule has 4 heterocycles. The van der Waals surface area contributed by atoms with Crippen molar-refractivity contribution in [3.05, 3.63) is 65.7 Å². The SMILES string of the molecule is CCc1c(Oc2cccc(N3CCN(C)CC3)c2Cl)nc(NS(=O)(=O)c2cnn(C)c2)nc1-c1cccnc1. The Hall–Kier alpha value is -3.74. The molecule has 4 aromatic rings. The number of halogens is 1. The Morgan fingerprint density at radius 2 is 1.85 bits per heavy atom. The minimum atomic E-state index is -4.00. The van der Waals surface area contributed by atoms with Gasteiger partial charge in [0.1, 0.15) is 15.7 Å². The van der Waals surface area contributed by atoms with Gasteiger partial charge in [-0.15, -0.1) is 0 Å². The van der Waals surface area contributed by atoms with E-state index in [-0.39, 0.29) is 16.7 Å². The third-order valence-corrected chi connectivity index (χ3v) is 8.13. The highest BCUT2D eigenvalue weighted by molar-refractivity contribution is 7.92. The smallest absolute Gasteiger partial charge is 0.267 e. The van der Waals surface area contributed by atoms with Gasteiger partial charge >= 0.3 is 0 Å². The lowest BCUT2D eigenvalue weighted by molar-refractivity contribution is 0.313.